The van der Waals surface area contributed by atoms with Crippen LogP contribution in [0.4, 0.5) is 0 Å². The maximum Gasteiger partial charge on any atom is 0.300 e. The van der Waals surface area contributed by atoms with Gasteiger partial charge in [0.1, 0.15) is 12.4 Å². The normalized spacial score (nSPS) is 19.3. The van der Waals surface area contributed by atoms with E-state index in [1.54, 1.807) is 11.5 Å². The lowest BCUT2D eigenvalue weighted by Gasteiger charge is -2.22. The van der Waals surface area contributed by atoms with Gasteiger partial charge in [-0.15, -0.1) is 0 Å². The highest BCUT2D eigenvalue weighted by Gasteiger charge is 2.28. The van der Waals surface area contributed by atoms with E-state index in [2.05, 4.69) is 17.1 Å². The summed E-state index contributed by atoms with van der Waals surface area (Å²) in [5.41, 5.74) is 1.28. The highest BCUT2D eigenvalue weighted by molar-refractivity contribution is 7.90. The zero-order chi connectivity index (χ0) is 21.1. The highest BCUT2D eigenvalue weighted by atomic mass is 32.2. The molecule has 2 aromatic rings. The highest BCUT2D eigenvalue weighted by Crippen LogP contribution is 2.33. The Bertz CT molecular complexity index is 1040. The summed E-state index contributed by atoms with van der Waals surface area (Å²) in [5, 5.41) is 0. The molecule has 0 saturated heterocycles. The van der Waals surface area contributed by atoms with E-state index in [1.807, 2.05) is 12.1 Å². The topological polar surface area (TPSA) is 87.5 Å². The molecule has 0 N–H and O–H groups in total. The number of rotatable bonds is 7. The van der Waals surface area contributed by atoms with Gasteiger partial charge in [-0.05, 0) is 36.5 Å². The van der Waals surface area contributed by atoms with Crippen LogP contribution in [0.1, 0.15) is 56.2 Å². The molecule has 1 aliphatic carbocycles. The van der Waals surface area contributed by atoms with Gasteiger partial charge in [0.05, 0.1) is 12.3 Å². The van der Waals surface area contributed by atoms with Crippen molar-refractivity contribution in [3.05, 3.63) is 51.9 Å². The van der Waals surface area contributed by atoms with Crippen LogP contribution in [0.5, 0.6) is 11.8 Å². The van der Waals surface area contributed by atoms with Crippen LogP contribution in [0.15, 0.2) is 35.1 Å². The molecule has 7 nitrogen and oxygen atoms in total. The van der Waals surface area contributed by atoms with Gasteiger partial charge >= 0.3 is 6.01 Å². The van der Waals surface area contributed by atoms with Gasteiger partial charge in [-0.1, -0.05) is 38.3 Å². The Hall–Kier alpha value is -2.35. The molecule has 0 unspecified atom stereocenters. The zero-order valence-corrected chi connectivity index (χ0v) is 18.1. The fourth-order valence-electron chi connectivity index (χ4n) is 4.20. The Kier molecular flexibility index (Phi) is 6.13. The summed E-state index contributed by atoms with van der Waals surface area (Å²) >= 11 is 0. The number of aromatic nitrogens is 2. The van der Waals surface area contributed by atoms with E-state index in [-0.39, 0.29) is 23.6 Å². The number of hydrogen-bond donors (Lipinski definition) is 0. The number of nitrogens with zero attached hydrogens (tertiary/aromatic N) is 2. The van der Waals surface area contributed by atoms with E-state index in [9.17, 15) is 13.2 Å². The van der Waals surface area contributed by atoms with Crippen LogP contribution in [0.2, 0.25) is 0 Å². The Balaban J connectivity index is 1.38. The fourth-order valence-corrected chi connectivity index (χ4v) is 5.09. The Morgan fingerprint density at radius 1 is 1.17 bits per heavy atom. The first-order chi connectivity index (χ1) is 14.4. The minimum atomic E-state index is -3.27. The second-order valence-corrected chi connectivity index (χ2v) is 10.5. The summed E-state index contributed by atoms with van der Waals surface area (Å²) in [6, 6.07) is 9.70. The Morgan fingerprint density at radius 2 is 1.90 bits per heavy atom. The number of hydrogen-bond acceptors (Lipinski definition) is 6. The van der Waals surface area contributed by atoms with Crippen LogP contribution < -0.4 is 15.0 Å². The largest absolute Gasteiger partial charge is 0.490 e. The maximum absolute atomic E-state index is 12.0. The van der Waals surface area contributed by atoms with E-state index in [0.29, 0.717) is 24.8 Å². The van der Waals surface area contributed by atoms with Crippen molar-refractivity contribution in [3.63, 3.8) is 0 Å². The van der Waals surface area contributed by atoms with Crippen LogP contribution in [0, 0.1) is 0 Å². The first-order valence-corrected chi connectivity index (χ1v) is 12.5. The first-order valence-electron chi connectivity index (χ1n) is 10.6. The standard InChI is InChI=1S/C22H28N2O5S/c1-2-30(26,27)15-18-12-21(25)23-22-24(18)13-20(29-22)14-28-19-10-8-17(9-11-19)16-6-4-3-5-7-16/h8-12,16,20H,2-7,13-15H2,1H3/t20-/m0/s1. The van der Waals surface area contributed by atoms with Crippen LogP contribution in [-0.4, -0.2) is 36.4 Å². The van der Waals surface area contributed by atoms with Gasteiger partial charge in [-0.3, -0.25) is 9.36 Å². The predicted molar refractivity (Wildman–Crippen MR) is 114 cm³/mol. The van der Waals surface area contributed by atoms with Crippen LogP contribution in [0.3, 0.4) is 0 Å². The predicted octanol–water partition coefficient (Wildman–Crippen LogP) is 3.07. The van der Waals surface area contributed by atoms with Crippen molar-refractivity contribution in [2.45, 2.75) is 63.3 Å². The molecular weight excluding hydrogens is 404 g/mol. The average molecular weight is 433 g/mol. The second kappa shape index (κ2) is 8.79. The van der Waals surface area contributed by atoms with E-state index in [1.165, 1.54) is 43.7 Å². The minimum absolute atomic E-state index is 0.0170. The molecule has 1 fully saturated rings. The number of fused-ring (bicyclic) bond motifs is 1. The van der Waals surface area contributed by atoms with Crippen LogP contribution >= 0.6 is 0 Å². The number of benzene rings is 1. The molecule has 2 heterocycles. The van der Waals surface area contributed by atoms with E-state index >= 15 is 0 Å². The zero-order valence-electron chi connectivity index (χ0n) is 17.2. The van der Waals surface area contributed by atoms with Crippen LogP contribution in [-0.2, 0) is 22.1 Å². The van der Waals surface area contributed by atoms with Gasteiger partial charge < -0.3 is 9.47 Å². The molecule has 0 amide bonds. The summed E-state index contributed by atoms with van der Waals surface area (Å²) in [6.07, 6.45) is 6.14. The molecule has 162 valence electrons. The third-order valence-electron chi connectivity index (χ3n) is 5.93. The Morgan fingerprint density at radius 3 is 2.60 bits per heavy atom. The van der Waals surface area contributed by atoms with Gasteiger partial charge in [0.2, 0.25) is 0 Å². The van der Waals surface area contributed by atoms with Crippen molar-refractivity contribution < 1.29 is 17.9 Å². The molecule has 0 bridgehead atoms. The van der Waals surface area contributed by atoms with E-state index < -0.39 is 15.4 Å². The molecule has 1 aliphatic heterocycles. The molecule has 2 aliphatic rings. The van der Waals surface area contributed by atoms with Crippen molar-refractivity contribution in [3.8, 4) is 11.8 Å². The summed E-state index contributed by atoms with van der Waals surface area (Å²) < 4.78 is 37.3. The van der Waals surface area contributed by atoms with E-state index in [0.717, 1.165) is 5.75 Å². The lowest BCUT2D eigenvalue weighted by molar-refractivity contribution is 0.143. The summed E-state index contributed by atoms with van der Waals surface area (Å²) in [4.78, 5) is 15.7. The molecule has 8 heteroatoms. The Labute approximate surface area is 177 Å². The fraction of sp³-hybridized carbons (Fsp3) is 0.545. The average Bonchev–Trinajstić information content (AvgIpc) is 3.16. The van der Waals surface area contributed by atoms with Crippen LogP contribution in [0.25, 0.3) is 0 Å². The van der Waals surface area contributed by atoms with Gasteiger partial charge in [-0.25, -0.2) is 8.42 Å². The lowest BCUT2D eigenvalue weighted by Crippen LogP contribution is -2.23. The lowest BCUT2D eigenvalue weighted by atomic mass is 9.84. The van der Waals surface area contributed by atoms with Gasteiger partial charge in [0.15, 0.2) is 15.9 Å². The van der Waals surface area contributed by atoms with Gasteiger partial charge in [-0.2, -0.15) is 4.98 Å². The SMILES string of the molecule is CCS(=O)(=O)Cc1cc(=O)nc2n1C[C@@H](COc1ccc(C3CCCCC3)cc1)O2. The summed E-state index contributed by atoms with van der Waals surface area (Å²) in [5.74, 6) is 1.24. The minimum Gasteiger partial charge on any atom is -0.490 e. The second-order valence-electron chi connectivity index (χ2n) is 8.11. The van der Waals surface area contributed by atoms with Crippen molar-refractivity contribution >= 4 is 9.84 Å². The third kappa shape index (κ3) is 4.86. The molecule has 0 spiro atoms. The summed E-state index contributed by atoms with van der Waals surface area (Å²) in [6.45, 7) is 2.28. The molecule has 1 aromatic carbocycles. The smallest absolute Gasteiger partial charge is 0.300 e. The molecule has 1 atom stereocenters. The van der Waals surface area contributed by atoms with Crippen molar-refractivity contribution in [1.82, 2.24) is 9.55 Å². The van der Waals surface area contributed by atoms with Crippen molar-refractivity contribution in [2.75, 3.05) is 12.4 Å². The molecular formula is C22H28N2O5S. The third-order valence-corrected chi connectivity index (χ3v) is 7.55. The van der Waals surface area contributed by atoms with Crippen molar-refractivity contribution in [1.29, 1.82) is 0 Å². The van der Waals surface area contributed by atoms with Crippen molar-refractivity contribution in [2.24, 2.45) is 0 Å². The number of sulfone groups is 1. The van der Waals surface area contributed by atoms with Gasteiger partial charge in [0, 0.05) is 17.5 Å². The van der Waals surface area contributed by atoms with E-state index in [4.69, 9.17) is 9.47 Å². The molecule has 0 radical (unpaired) electrons. The maximum atomic E-state index is 12.0. The molecule has 30 heavy (non-hydrogen) atoms. The summed E-state index contributed by atoms with van der Waals surface area (Å²) in [7, 11) is -3.27. The van der Waals surface area contributed by atoms with Gasteiger partial charge in [0.25, 0.3) is 5.56 Å². The quantitative estimate of drug-likeness (QED) is 0.668. The molecule has 1 saturated carbocycles. The first kappa shape index (κ1) is 20.9. The number of ether oxygens (including phenoxy) is 2. The monoisotopic (exact) mass is 432 g/mol. The molecule has 1 aromatic heterocycles. The molecule has 4 rings (SSSR count).